The fourth-order valence-corrected chi connectivity index (χ4v) is 5.06. The second-order valence-corrected chi connectivity index (χ2v) is 8.96. The summed E-state index contributed by atoms with van der Waals surface area (Å²) in [5.41, 5.74) is 5.09. The molecule has 1 N–H and O–H groups in total. The molecule has 0 aliphatic carbocycles. The number of benzene rings is 2. The number of pyridine rings is 1. The standard InChI is InChI=1S/C27H23FN6/c1-33-24-5-3-19(11-20(24)14-32-33)27-26(21-4-2-17(12-29)10-23(21)28)22-7-9-34(25(22)15-31-27)16-18-6-8-30-13-18/h2-5,7,9-11,14-15,18,30H,6,8,13,16H2,1H3. The van der Waals surface area contributed by atoms with E-state index in [-0.39, 0.29) is 0 Å². The molecule has 4 heterocycles. The van der Waals surface area contributed by atoms with E-state index in [1.807, 2.05) is 48.4 Å². The summed E-state index contributed by atoms with van der Waals surface area (Å²) in [5.74, 6) is 0.142. The summed E-state index contributed by atoms with van der Waals surface area (Å²) in [7, 11) is 1.91. The van der Waals surface area contributed by atoms with Gasteiger partial charge in [0.2, 0.25) is 0 Å². The van der Waals surface area contributed by atoms with Crippen molar-refractivity contribution in [2.75, 3.05) is 13.1 Å². The first-order valence-corrected chi connectivity index (χ1v) is 11.4. The highest BCUT2D eigenvalue weighted by Gasteiger charge is 2.21. The molecule has 1 fully saturated rings. The van der Waals surface area contributed by atoms with Gasteiger partial charge >= 0.3 is 0 Å². The molecular weight excluding hydrogens is 427 g/mol. The lowest BCUT2D eigenvalue weighted by atomic mass is 9.94. The van der Waals surface area contributed by atoms with Crippen molar-refractivity contribution in [3.05, 3.63) is 72.4 Å². The molecule has 2 aromatic carbocycles. The van der Waals surface area contributed by atoms with Gasteiger partial charge in [0.15, 0.2) is 0 Å². The van der Waals surface area contributed by atoms with Crippen LogP contribution in [0.2, 0.25) is 0 Å². The van der Waals surface area contributed by atoms with Crippen molar-refractivity contribution in [3.8, 4) is 28.5 Å². The van der Waals surface area contributed by atoms with Gasteiger partial charge in [-0.2, -0.15) is 10.4 Å². The Morgan fingerprint density at radius 2 is 2.06 bits per heavy atom. The highest BCUT2D eigenvalue weighted by molar-refractivity contribution is 6.02. The van der Waals surface area contributed by atoms with E-state index in [9.17, 15) is 5.26 Å². The first kappa shape index (κ1) is 20.6. The molecule has 1 aliphatic heterocycles. The maximum atomic E-state index is 15.3. The summed E-state index contributed by atoms with van der Waals surface area (Å²) in [6, 6.07) is 14.8. The van der Waals surface area contributed by atoms with Crippen LogP contribution < -0.4 is 5.32 Å². The van der Waals surface area contributed by atoms with Crippen molar-refractivity contribution >= 4 is 21.8 Å². The van der Waals surface area contributed by atoms with Gasteiger partial charge in [0.1, 0.15) is 5.82 Å². The van der Waals surface area contributed by atoms with E-state index >= 15 is 4.39 Å². The predicted octanol–water partition coefficient (Wildman–Crippen LogP) is 4.88. The third-order valence-electron chi connectivity index (χ3n) is 6.83. The topological polar surface area (TPSA) is 71.5 Å². The first-order valence-electron chi connectivity index (χ1n) is 11.4. The van der Waals surface area contributed by atoms with Crippen molar-refractivity contribution in [3.63, 3.8) is 0 Å². The van der Waals surface area contributed by atoms with E-state index in [1.54, 1.807) is 12.1 Å². The van der Waals surface area contributed by atoms with Crippen LogP contribution in [0.1, 0.15) is 12.0 Å². The summed E-state index contributed by atoms with van der Waals surface area (Å²) in [5, 5.41) is 18.9. The molecule has 0 amide bonds. The minimum absolute atomic E-state index is 0.297. The van der Waals surface area contributed by atoms with Crippen LogP contribution in [0.15, 0.2) is 61.1 Å². The zero-order valence-electron chi connectivity index (χ0n) is 18.8. The Morgan fingerprint density at radius 3 is 2.85 bits per heavy atom. The molecule has 0 spiro atoms. The molecule has 0 saturated carbocycles. The van der Waals surface area contributed by atoms with Crippen LogP contribution in [0, 0.1) is 23.1 Å². The summed E-state index contributed by atoms with van der Waals surface area (Å²) in [6.45, 7) is 2.95. The van der Waals surface area contributed by atoms with Crippen molar-refractivity contribution in [1.29, 1.82) is 5.26 Å². The highest BCUT2D eigenvalue weighted by Crippen LogP contribution is 2.39. The Kier molecular flexibility index (Phi) is 4.89. The van der Waals surface area contributed by atoms with E-state index < -0.39 is 5.82 Å². The number of fused-ring (bicyclic) bond motifs is 2. The molecule has 168 valence electrons. The average Bonchev–Trinajstić information content (AvgIpc) is 3.60. The van der Waals surface area contributed by atoms with Gasteiger partial charge in [0.25, 0.3) is 0 Å². The van der Waals surface area contributed by atoms with E-state index in [2.05, 4.69) is 27.2 Å². The highest BCUT2D eigenvalue weighted by atomic mass is 19.1. The van der Waals surface area contributed by atoms with Gasteiger partial charge in [0, 0.05) is 47.3 Å². The minimum Gasteiger partial charge on any atom is -0.346 e. The van der Waals surface area contributed by atoms with Gasteiger partial charge in [-0.15, -0.1) is 0 Å². The van der Waals surface area contributed by atoms with E-state index in [1.165, 1.54) is 6.07 Å². The second kappa shape index (κ2) is 8.08. The molecule has 1 atom stereocenters. The van der Waals surface area contributed by atoms with Crippen molar-refractivity contribution in [1.82, 2.24) is 24.6 Å². The lowest BCUT2D eigenvalue weighted by Gasteiger charge is -2.15. The lowest BCUT2D eigenvalue weighted by Crippen LogP contribution is -2.14. The zero-order valence-corrected chi connectivity index (χ0v) is 18.8. The number of rotatable bonds is 4. The van der Waals surface area contributed by atoms with E-state index in [4.69, 9.17) is 4.98 Å². The van der Waals surface area contributed by atoms with Crippen molar-refractivity contribution in [2.45, 2.75) is 13.0 Å². The zero-order chi connectivity index (χ0) is 23.2. The number of nitriles is 1. The maximum absolute atomic E-state index is 15.3. The second-order valence-electron chi connectivity index (χ2n) is 8.96. The Morgan fingerprint density at radius 1 is 1.15 bits per heavy atom. The van der Waals surface area contributed by atoms with Gasteiger partial charge in [-0.1, -0.05) is 12.1 Å². The van der Waals surface area contributed by atoms with Gasteiger partial charge in [-0.05, 0) is 55.8 Å². The number of halogens is 1. The third kappa shape index (κ3) is 3.35. The maximum Gasteiger partial charge on any atom is 0.132 e. The van der Waals surface area contributed by atoms with Crippen LogP contribution in [0.25, 0.3) is 44.2 Å². The Hall–Kier alpha value is -4.02. The number of nitrogens with zero attached hydrogens (tertiary/aromatic N) is 5. The largest absolute Gasteiger partial charge is 0.346 e. The molecule has 5 aromatic rings. The number of aromatic nitrogens is 4. The van der Waals surface area contributed by atoms with E-state index in [0.717, 1.165) is 59.0 Å². The van der Waals surface area contributed by atoms with Crippen molar-refractivity contribution in [2.24, 2.45) is 13.0 Å². The summed E-state index contributed by atoms with van der Waals surface area (Å²) in [6.07, 6.45) is 6.94. The van der Waals surface area contributed by atoms with Crippen LogP contribution in [0.4, 0.5) is 4.39 Å². The smallest absolute Gasteiger partial charge is 0.132 e. The molecule has 0 bridgehead atoms. The molecule has 1 saturated heterocycles. The number of nitrogens with one attached hydrogen (secondary N) is 1. The van der Waals surface area contributed by atoms with Crippen molar-refractivity contribution < 1.29 is 4.39 Å². The van der Waals surface area contributed by atoms with Crippen LogP contribution in [0.5, 0.6) is 0 Å². The van der Waals surface area contributed by atoms with E-state index in [0.29, 0.717) is 22.7 Å². The fraction of sp³-hybridized carbons (Fsp3) is 0.222. The lowest BCUT2D eigenvalue weighted by molar-refractivity contribution is 0.491. The van der Waals surface area contributed by atoms with Gasteiger partial charge in [-0.25, -0.2) is 4.39 Å². The van der Waals surface area contributed by atoms with Gasteiger partial charge in [-0.3, -0.25) is 9.67 Å². The molecule has 6 nitrogen and oxygen atoms in total. The molecular formula is C27H23FN6. The molecule has 1 aliphatic rings. The third-order valence-corrected chi connectivity index (χ3v) is 6.83. The molecule has 34 heavy (non-hydrogen) atoms. The van der Waals surface area contributed by atoms with Gasteiger partial charge in [0.05, 0.1) is 40.8 Å². The van der Waals surface area contributed by atoms with Crippen LogP contribution in [-0.2, 0) is 13.6 Å². The molecule has 1 unspecified atom stereocenters. The summed E-state index contributed by atoms with van der Waals surface area (Å²) in [4.78, 5) is 4.86. The first-order chi connectivity index (χ1) is 16.6. The molecule has 7 heteroatoms. The molecule has 3 aromatic heterocycles. The number of hydrogen-bond acceptors (Lipinski definition) is 4. The quantitative estimate of drug-likeness (QED) is 0.424. The monoisotopic (exact) mass is 450 g/mol. The average molecular weight is 451 g/mol. The predicted molar refractivity (Wildman–Crippen MR) is 131 cm³/mol. The van der Waals surface area contributed by atoms with Crippen LogP contribution >= 0.6 is 0 Å². The number of aryl methyl sites for hydroxylation is 1. The minimum atomic E-state index is -0.426. The Balaban J connectivity index is 1.57. The van der Waals surface area contributed by atoms with Gasteiger partial charge < -0.3 is 9.88 Å². The molecule has 0 radical (unpaired) electrons. The fourth-order valence-electron chi connectivity index (χ4n) is 5.06. The normalized spacial score (nSPS) is 15.9. The summed E-state index contributed by atoms with van der Waals surface area (Å²) < 4.78 is 19.4. The SMILES string of the molecule is Cn1ncc2cc(-c3ncc4c(ccn4CC4CCNC4)c3-c3ccc(C#N)cc3F)ccc21. The van der Waals surface area contributed by atoms with Crippen LogP contribution in [0.3, 0.4) is 0 Å². The number of hydrogen-bond donors (Lipinski definition) is 1. The summed E-state index contributed by atoms with van der Waals surface area (Å²) >= 11 is 0. The molecule has 6 rings (SSSR count). The Bertz CT molecular complexity index is 1580. The van der Waals surface area contributed by atoms with Crippen LogP contribution in [-0.4, -0.2) is 32.4 Å². The Labute approximate surface area is 196 Å².